The van der Waals surface area contributed by atoms with Crippen molar-refractivity contribution in [1.82, 2.24) is 19.9 Å². The van der Waals surface area contributed by atoms with E-state index in [1.165, 1.54) is 70.2 Å². The zero-order valence-corrected chi connectivity index (χ0v) is 33.4. The van der Waals surface area contributed by atoms with Crippen molar-refractivity contribution in [2.24, 2.45) is 0 Å². The van der Waals surface area contributed by atoms with E-state index >= 15 is 0 Å². The van der Waals surface area contributed by atoms with Gasteiger partial charge in [0.25, 0.3) is 0 Å². The second kappa shape index (κ2) is 13.6. The zero-order valence-electron chi connectivity index (χ0n) is 33.4. The van der Waals surface area contributed by atoms with Crippen molar-refractivity contribution in [3.63, 3.8) is 0 Å². The van der Waals surface area contributed by atoms with Gasteiger partial charge in [-0.1, -0.05) is 164 Å². The summed E-state index contributed by atoms with van der Waals surface area (Å²) in [4.78, 5) is 19.8. The fraction of sp³-hybridized carbons (Fsp3) is 0. The first kappa shape index (κ1) is 34.5. The number of pyridine rings is 1. The highest BCUT2D eigenvalue weighted by Gasteiger charge is 2.18. The summed E-state index contributed by atoms with van der Waals surface area (Å²) in [6.45, 7) is 0. The van der Waals surface area contributed by atoms with Gasteiger partial charge in [0.1, 0.15) is 0 Å². The quantitative estimate of drug-likeness (QED) is 0.163. The number of aromatic nitrogens is 4. The molecule has 0 aliphatic rings. The van der Waals surface area contributed by atoms with Gasteiger partial charge in [-0.3, -0.25) is 4.98 Å². The highest BCUT2D eigenvalue weighted by molar-refractivity contribution is 6.37. The fourth-order valence-corrected chi connectivity index (χ4v) is 9.71. The Morgan fingerprint density at radius 2 is 0.677 bits per heavy atom. The number of benzene rings is 10. The SMILES string of the molecule is c1ccc(-c2nc(-c3cccc(-c4cccc(-c5cc6ccc7cccc8c9cccc%10ccc%11cccc(c(c5)c6c78)c%11c%109)c4)c3)nc(-c3cnc4ccccc4c3)n2)cc1. The molecule has 0 radical (unpaired) electrons. The van der Waals surface area contributed by atoms with Crippen molar-refractivity contribution in [2.75, 3.05) is 0 Å². The Morgan fingerprint density at radius 3 is 1.34 bits per heavy atom. The largest absolute Gasteiger partial charge is 0.255 e. The lowest BCUT2D eigenvalue weighted by atomic mass is 9.86. The Kier molecular flexibility index (Phi) is 7.57. The predicted octanol–water partition coefficient (Wildman–Crippen LogP) is 15.1. The van der Waals surface area contributed by atoms with Crippen molar-refractivity contribution < 1.29 is 0 Å². The van der Waals surface area contributed by atoms with Crippen LogP contribution in [0.2, 0.25) is 0 Å². The van der Waals surface area contributed by atoms with Crippen molar-refractivity contribution in [1.29, 1.82) is 0 Å². The van der Waals surface area contributed by atoms with Crippen molar-refractivity contribution in [3.8, 4) is 56.4 Å². The normalized spacial score (nSPS) is 11.9. The lowest BCUT2D eigenvalue weighted by Gasteiger charge is -2.17. The van der Waals surface area contributed by atoms with Crippen LogP contribution in [0.5, 0.6) is 0 Å². The molecule has 0 N–H and O–H groups in total. The number of fused-ring (bicyclic) bond motifs is 3. The summed E-state index contributed by atoms with van der Waals surface area (Å²) in [5, 5.41) is 16.4. The van der Waals surface area contributed by atoms with E-state index in [1.54, 1.807) is 0 Å². The van der Waals surface area contributed by atoms with Crippen LogP contribution in [0.15, 0.2) is 206 Å². The fourth-order valence-electron chi connectivity index (χ4n) is 9.71. The maximum Gasteiger partial charge on any atom is 0.165 e. The van der Waals surface area contributed by atoms with Crippen molar-refractivity contribution in [3.05, 3.63) is 206 Å². The summed E-state index contributed by atoms with van der Waals surface area (Å²) in [6, 6.07) is 72.0. The Morgan fingerprint density at radius 1 is 0.242 bits per heavy atom. The number of nitrogens with zero attached hydrogens (tertiary/aromatic N) is 4. The van der Waals surface area contributed by atoms with Crippen LogP contribution in [0.25, 0.3) is 132 Å². The molecule has 62 heavy (non-hydrogen) atoms. The molecule has 0 saturated carbocycles. The van der Waals surface area contributed by atoms with Crippen molar-refractivity contribution >= 4 is 75.5 Å². The molecular weight excluding hydrogens is 753 g/mol. The van der Waals surface area contributed by atoms with E-state index in [2.05, 4.69) is 152 Å². The molecule has 0 bridgehead atoms. The third-order valence-electron chi connectivity index (χ3n) is 12.6. The summed E-state index contributed by atoms with van der Waals surface area (Å²) >= 11 is 0. The molecule has 0 atom stereocenters. The topological polar surface area (TPSA) is 51.6 Å². The molecule has 11 aromatic carbocycles. The molecule has 2 heterocycles. The lowest BCUT2D eigenvalue weighted by Crippen LogP contribution is -2.00. The molecule has 13 rings (SSSR count). The Labute approximate surface area is 356 Å². The Hall–Kier alpha value is -8.34. The van der Waals surface area contributed by atoms with E-state index in [0.29, 0.717) is 17.5 Å². The highest BCUT2D eigenvalue weighted by atomic mass is 15.0. The monoisotopic (exact) mass is 786 g/mol. The Balaban J connectivity index is 0.980. The third-order valence-corrected chi connectivity index (χ3v) is 12.6. The second-order valence-electron chi connectivity index (χ2n) is 16.2. The molecule has 0 amide bonds. The average Bonchev–Trinajstić information content (AvgIpc) is 3.35. The van der Waals surface area contributed by atoms with E-state index < -0.39 is 0 Å². The first-order valence-corrected chi connectivity index (χ1v) is 21.0. The molecule has 0 saturated heterocycles. The summed E-state index contributed by atoms with van der Waals surface area (Å²) in [5.74, 6) is 1.81. The highest BCUT2D eigenvalue weighted by Crippen LogP contribution is 2.44. The van der Waals surface area contributed by atoms with Crippen LogP contribution in [0, 0.1) is 0 Å². The molecule has 4 heteroatoms. The summed E-state index contributed by atoms with van der Waals surface area (Å²) in [7, 11) is 0. The van der Waals surface area contributed by atoms with Gasteiger partial charge in [0.2, 0.25) is 0 Å². The lowest BCUT2D eigenvalue weighted by molar-refractivity contribution is 1.07. The van der Waals surface area contributed by atoms with Crippen molar-refractivity contribution in [2.45, 2.75) is 0 Å². The summed E-state index contributed by atoms with van der Waals surface area (Å²) in [6.07, 6.45) is 1.85. The van der Waals surface area contributed by atoms with Crippen LogP contribution in [0.4, 0.5) is 0 Å². The van der Waals surface area contributed by atoms with Gasteiger partial charge in [-0.25, -0.2) is 15.0 Å². The molecule has 0 aliphatic carbocycles. The van der Waals surface area contributed by atoms with Gasteiger partial charge in [0.05, 0.1) is 5.52 Å². The standard InChI is InChI=1S/C58H34N4/c1-2-11-38(12-3-1)56-60-57(62-58(61-56)46-31-42-13-4-5-24-51(42)59-34-46)44-20-7-18-40(30-44)39-17-6-19-41(29-39)45-32-43-28-27-37-15-9-22-48-47-21-8-14-35-25-26-36-16-10-23-49(54(36)52(35)47)50(33-45)55(43)53(37)48/h1-34H. The third kappa shape index (κ3) is 5.47. The molecule has 4 nitrogen and oxygen atoms in total. The minimum absolute atomic E-state index is 0.585. The van der Waals surface area contributed by atoms with Gasteiger partial charge in [0, 0.05) is 28.3 Å². The molecule has 0 aliphatic heterocycles. The van der Waals surface area contributed by atoms with Crippen LogP contribution < -0.4 is 0 Å². The zero-order chi connectivity index (χ0) is 40.7. The van der Waals surface area contributed by atoms with Crippen LogP contribution >= 0.6 is 0 Å². The summed E-state index contributed by atoms with van der Waals surface area (Å²) in [5.41, 5.74) is 8.15. The van der Waals surface area contributed by atoms with Crippen LogP contribution in [-0.4, -0.2) is 19.9 Å². The van der Waals surface area contributed by atoms with Crippen LogP contribution in [0.1, 0.15) is 0 Å². The van der Waals surface area contributed by atoms with Gasteiger partial charge >= 0.3 is 0 Å². The van der Waals surface area contributed by atoms with Gasteiger partial charge < -0.3 is 0 Å². The minimum Gasteiger partial charge on any atom is -0.255 e. The first-order valence-electron chi connectivity index (χ1n) is 21.0. The molecule has 2 aromatic heterocycles. The maximum atomic E-state index is 5.08. The average molecular weight is 787 g/mol. The van der Waals surface area contributed by atoms with E-state index in [9.17, 15) is 0 Å². The molecule has 0 fully saturated rings. The second-order valence-corrected chi connectivity index (χ2v) is 16.2. The summed E-state index contributed by atoms with van der Waals surface area (Å²) < 4.78 is 0. The molecule has 286 valence electrons. The van der Waals surface area contributed by atoms with E-state index in [0.717, 1.165) is 44.3 Å². The first-order chi connectivity index (χ1) is 30.7. The number of rotatable bonds is 5. The Bertz CT molecular complexity index is 3920. The molecule has 0 spiro atoms. The van der Waals surface area contributed by atoms with Gasteiger partial charge in [-0.15, -0.1) is 0 Å². The van der Waals surface area contributed by atoms with Crippen LogP contribution in [0.3, 0.4) is 0 Å². The van der Waals surface area contributed by atoms with E-state index in [1.807, 2.05) is 54.7 Å². The van der Waals surface area contributed by atoms with Gasteiger partial charge in [0.15, 0.2) is 17.5 Å². The minimum atomic E-state index is 0.585. The molecule has 13 aromatic rings. The smallest absolute Gasteiger partial charge is 0.165 e. The predicted molar refractivity (Wildman–Crippen MR) is 259 cm³/mol. The number of para-hydroxylation sites is 1. The number of hydrogen-bond donors (Lipinski definition) is 0. The molecule has 0 unspecified atom stereocenters. The van der Waals surface area contributed by atoms with E-state index in [-0.39, 0.29) is 0 Å². The van der Waals surface area contributed by atoms with Gasteiger partial charge in [-0.2, -0.15) is 0 Å². The number of hydrogen-bond acceptors (Lipinski definition) is 4. The van der Waals surface area contributed by atoms with Crippen LogP contribution in [-0.2, 0) is 0 Å². The maximum absolute atomic E-state index is 5.08. The van der Waals surface area contributed by atoms with Gasteiger partial charge in [-0.05, 0) is 123 Å². The molecular formula is C58H34N4. The van der Waals surface area contributed by atoms with E-state index in [4.69, 9.17) is 19.9 Å².